The molecule has 1 aromatic heterocycles. The molecule has 0 fully saturated rings. The van der Waals surface area contributed by atoms with Crippen LogP contribution in [0.15, 0.2) is 23.4 Å². The van der Waals surface area contributed by atoms with Gasteiger partial charge in [0.2, 0.25) is 0 Å². The molecule has 0 bridgehead atoms. The highest BCUT2D eigenvalue weighted by Gasteiger charge is 2.18. The molecule has 21 heavy (non-hydrogen) atoms. The van der Waals surface area contributed by atoms with E-state index in [9.17, 15) is 4.79 Å². The minimum atomic E-state index is -0.833. The van der Waals surface area contributed by atoms with Gasteiger partial charge in [-0.25, -0.2) is 4.98 Å². The Kier molecular flexibility index (Phi) is 5.12. The highest BCUT2D eigenvalue weighted by molar-refractivity contribution is 7.99. The number of carbonyl (C=O) groups is 1. The Morgan fingerprint density at radius 1 is 1.43 bits per heavy atom. The molecular weight excluding hydrogens is 288 g/mol. The van der Waals surface area contributed by atoms with Crippen LogP contribution >= 0.6 is 11.8 Å². The topological polar surface area (TPSA) is 64.4 Å². The molecule has 0 spiro atoms. The quantitative estimate of drug-likeness (QED) is 0.792. The summed E-state index contributed by atoms with van der Waals surface area (Å²) in [6.45, 7) is 4.26. The highest BCUT2D eigenvalue weighted by Crippen LogP contribution is 2.32. The lowest BCUT2D eigenvalue weighted by molar-refractivity contribution is -0.133. The summed E-state index contributed by atoms with van der Waals surface area (Å²) in [5.41, 5.74) is 1.87. The highest BCUT2D eigenvalue weighted by atomic mass is 32.2. The SMILES string of the molecule is CCC(CC)n1c(SCC(=O)O)nc2ccc(OC)cc21. The second-order valence-electron chi connectivity index (χ2n) is 4.77. The third kappa shape index (κ3) is 3.32. The van der Waals surface area contributed by atoms with Gasteiger partial charge in [0, 0.05) is 12.1 Å². The van der Waals surface area contributed by atoms with E-state index in [-0.39, 0.29) is 5.75 Å². The van der Waals surface area contributed by atoms with Crippen LogP contribution in [0.2, 0.25) is 0 Å². The van der Waals surface area contributed by atoms with E-state index in [0.29, 0.717) is 6.04 Å². The van der Waals surface area contributed by atoms with E-state index in [1.54, 1.807) is 7.11 Å². The number of benzene rings is 1. The van der Waals surface area contributed by atoms with Crippen LogP contribution in [0, 0.1) is 0 Å². The molecule has 0 amide bonds. The molecule has 114 valence electrons. The van der Waals surface area contributed by atoms with E-state index in [1.807, 2.05) is 18.2 Å². The van der Waals surface area contributed by atoms with Crippen LogP contribution in [0.4, 0.5) is 0 Å². The molecule has 0 atom stereocenters. The van der Waals surface area contributed by atoms with E-state index < -0.39 is 5.97 Å². The first kappa shape index (κ1) is 15.7. The number of hydrogen-bond donors (Lipinski definition) is 1. The largest absolute Gasteiger partial charge is 0.497 e. The van der Waals surface area contributed by atoms with Crippen molar-refractivity contribution in [2.24, 2.45) is 0 Å². The van der Waals surface area contributed by atoms with Gasteiger partial charge in [0.1, 0.15) is 5.75 Å². The number of fused-ring (bicyclic) bond motifs is 1. The molecule has 0 radical (unpaired) electrons. The molecule has 2 rings (SSSR count). The van der Waals surface area contributed by atoms with E-state index in [2.05, 4.69) is 23.4 Å². The molecular formula is C15H20N2O3S. The van der Waals surface area contributed by atoms with Crippen LogP contribution in [-0.4, -0.2) is 33.5 Å². The lowest BCUT2D eigenvalue weighted by Crippen LogP contribution is -2.09. The van der Waals surface area contributed by atoms with Gasteiger partial charge in [0.15, 0.2) is 5.16 Å². The molecule has 0 aliphatic carbocycles. The third-order valence-electron chi connectivity index (χ3n) is 3.50. The number of ether oxygens (including phenoxy) is 1. The number of imidazole rings is 1. The zero-order chi connectivity index (χ0) is 15.4. The summed E-state index contributed by atoms with van der Waals surface area (Å²) in [5, 5.41) is 9.66. The third-order valence-corrected chi connectivity index (χ3v) is 4.43. The van der Waals surface area contributed by atoms with Gasteiger partial charge >= 0.3 is 5.97 Å². The first-order chi connectivity index (χ1) is 10.1. The first-order valence-electron chi connectivity index (χ1n) is 7.01. The standard InChI is InChI=1S/C15H20N2O3S/c1-4-10(5-2)17-13-8-11(20-3)6-7-12(13)16-15(17)21-9-14(18)19/h6-8,10H,4-5,9H2,1-3H3,(H,18,19). The van der Waals surface area contributed by atoms with Gasteiger partial charge in [0.05, 0.1) is 23.9 Å². The molecule has 0 saturated carbocycles. The molecule has 5 nitrogen and oxygen atoms in total. The number of nitrogens with zero attached hydrogens (tertiary/aromatic N) is 2. The van der Waals surface area contributed by atoms with E-state index in [0.717, 1.165) is 34.8 Å². The maximum Gasteiger partial charge on any atom is 0.313 e. The van der Waals surface area contributed by atoms with Gasteiger partial charge in [-0.15, -0.1) is 0 Å². The van der Waals surface area contributed by atoms with Crippen LogP contribution in [0.1, 0.15) is 32.7 Å². The van der Waals surface area contributed by atoms with E-state index in [4.69, 9.17) is 9.84 Å². The van der Waals surface area contributed by atoms with Gasteiger partial charge in [-0.1, -0.05) is 25.6 Å². The number of carboxylic acid groups (broad SMARTS) is 1. The predicted molar refractivity (Wildman–Crippen MR) is 84.3 cm³/mol. The van der Waals surface area contributed by atoms with Crippen molar-refractivity contribution in [2.45, 2.75) is 37.9 Å². The zero-order valence-electron chi connectivity index (χ0n) is 12.5. The smallest absolute Gasteiger partial charge is 0.313 e. The van der Waals surface area contributed by atoms with E-state index >= 15 is 0 Å². The molecule has 1 heterocycles. The monoisotopic (exact) mass is 308 g/mol. The Hall–Kier alpha value is -1.69. The average Bonchev–Trinajstić information content (AvgIpc) is 2.84. The molecule has 1 aromatic carbocycles. The Morgan fingerprint density at radius 3 is 2.71 bits per heavy atom. The number of aromatic nitrogens is 2. The van der Waals surface area contributed by atoms with Crippen molar-refractivity contribution in [3.63, 3.8) is 0 Å². The maximum atomic E-state index is 10.8. The molecule has 0 unspecified atom stereocenters. The van der Waals surface area contributed by atoms with Crippen molar-refractivity contribution in [1.29, 1.82) is 0 Å². The molecule has 0 saturated heterocycles. The van der Waals surface area contributed by atoms with Crippen molar-refractivity contribution in [3.8, 4) is 5.75 Å². The second-order valence-corrected chi connectivity index (χ2v) is 5.71. The average molecular weight is 308 g/mol. The van der Waals surface area contributed by atoms with Gasteiger partial charge < -0.3 is 14.4 Å². The first-order valence-corrected chi connectivity index (χ1v) is 7.99. The number of hydrogen-bond acceptors (Lipinski definition) is 4. The fourth-order valence-corrected chi connectivity index (χ4v) is 3.21. The summed E-state index contributed by atoms with van der Waals surface area (Å²) < 4.78 is 7.43. The van der Waals surface area contributed by atoms with Gasteiger partial charge in [-0.3, -0.25) is 4.79 Å². The number of rotatable bonds is 7. The van der Waals surface area contributed by atoms with E-state index in [1.165, 1.54) is 11.8 Å². The molecule has 2 aromatic rings. The second kappa shape index (κ2) is 6.85. The van der Waals surface area contributed by atoms with Crippen molar-refractivity contribution in [1.82, 2.24) is 9.55 Å². The summed E-state index contributed by atoms with van der Waals surface area (Å²) in [6.07, 6.45) is 1.94. The summed E-state index contributed by atoms with van der Waals surface area (Å²) in [5.74, 6) is -0.0363. The van der Waals surface area contributed by atoms with Crippen LogP contribution in [0.25, 0.3) is 11.0 Å². The van der Waals surface area contributed by atoms with Crippen molar-refractivity contribution < 1.29 is 14.6 Å². The van der Waals surface area contributed by atoms with Crippen LogP contribution in [0.5, 0.6) is 5.75 Å². The van der Waals surface area contributed by atoms with Crippen molar-refractivity contribution in [3.05, 3.63) is 18.2 Å². The zero-order valence-corrected chi connectivity index (χ0v) is 13.3. The minimum Gasteiger partial charge on any atom is -0.497 e. The molecule has 6 heteroatoms. The lowest BCUT2D eigenvalue weighted by atomic mass is 10.1. The normalized spacial score (nSPS) is 11.2. The number of thioether (sulfide) groups is 1. The van der Waals surface area contributed by atoms with Crippen LogP contribution < -0.4 is 4.74 Å². The van der Waals surface area contributed by atoms with Gasteiger partial charge in [-0.2, -0.15) is 0 Å². The predicted octanol–water partition coefficient (Wildman–Crippen LogP) is 3.58. The van der Waals surface area contributed by atoms with Gasteiger partial charge in [-0.05, 0) is 25.0 Å². The van der Waals surface area contributed by atoms with Crippen molar-refractivity contribution >= 4 is 28.8 Å². The summed E-state index contributed by atoms with van der Waals surface area (Å²) in [6, 6.07) is 6.06. The summed E-state index contributed by atoms with van der Waals surface area (Å²) in [4.78, 5) is 15.4. The Labute approximate surface area is 128 Å². The summed E-state index contributed by atoms with van der Waals surface area (Å²) >= 11 is 1.26. The summed E-state index contributed by atoms with van der Waals surface area (Å²) in [7, 11) is 1.64. The van der Waals surface area contributed by atoms with Crippen molar-refractivity contribution in [2.75, 3.05) is 12.9 Å². The Bertz CT molecular complexity index is 635. The molecule has 0 aliphatic rings. The number of aliphatic carboxylic acids is 1. The fourth-order valence-electron chi connectivity index (χ4n) is 2.41. The number of carboxylic acids is 1. The number of methoxy groups -OCH3 is 1. The van der Waals surface area contributed by atoms with Crippen LogP contribution in [-0.2, 0) is 4.79 Å². The Morgan fingerprint density at radius 2 is 2.14 bits per heavy atom. The maximum absolute atomic E-state index is 10.8. The van der Waals surface area contributed by atoms with Gasteiger partial charge in [0.25, 0.3) is 0 Å². The fraction of sp³-hybridized carbons (Fsp3) is 0.467. The minimum absolute atomic E-state index is 0.0145. The van der Waals surface area contributed by atoms with Crippen LogP contribution in [0.3, 0.4) is 0 Å². The molecule has 0 aliphatic heterocycles. The lowest BCUT2D eigenvalue weighted by Gasteiger charge is -2.18. The molecule has 1 N–H and O–H groups in total. The Balaban J connectivity index is 2.54.